The molecule has 12 heavy (non-hydrogen) atoms. The number of carbonyl (C=O) groups excluding carboxylic acids is 1. The SMILES string of the molecule is C=CC1CC1(N)C(=O)OCC.Cl. The Bertz CT molecular complexity index is 195. The summed E-state index contributed by atoms with van der Waals surface area (Å²) >= 11 is 0. The van der Waals surface area contributed by atoms with Gasteiger partial charge in [-0.2, -0.15) is 0 Å². The van der Waals surface area contributed by atoms with E-state index in [9.17, 15) is 4.79 Å². The van der Waals surface area contributed by atoms with Crippen LogP contribution in [0.1, 0.15) is 13.3 Å². The Morgan fingerprint density at radius 3 is 2.83 bits per heavy atom. The number of esters is 1. The van der Waals surface area contributed by atoms with E-state index in [1.807, 2.05) is 0 Å². The smallest absolute Gasteiger partial charge is 0.326 e. The lowest BCUT2D eigenvalue weighted by molar-refractivity contribution is -0.146. The lowest BCUT2D eigenvalue weighted by Gasteiger charge is -2.07. The molecule has 0 aliphatic heterocycles. The van der Waals surface area contributed by atoms with Gasteiger partial charge >= 0.3 is 5.97 Å². The standard InChI is InChI=1S/C8H13NO2.ClH/c1-3-6-5-8(6,9)7(10)11-4-2;/h3,6H,1,4-5,9H2,2H3;1H. The molecule has 0 bridgehead atoms. The van der Waals surface area contributed by atoms with Crippen LogP contribution < -0.4 is 5.73 Å². The molecule has 1 saturated carbocycles. The summed E-state index contributed by atoms with van der Waals surface area (Å²) < 4.78 is 4.79. The van der Waals surface area contributed by atoms with Crippen molar-refractivity contribution in [2.24, 2.45) is 11.7 Å². The molecule has 2 unspecified atom stereocenters. The summed E-state index contributed by atoms with van der Waals surface area (Å²) in [6.45, 7) is 5.73. The third kappa shape index (κ3) is 1.79. The van der Waals surface area contributed by atoms with E-state index in [-0.39, 0.29) is 24.3 Å². The average molecular weight is 192 g/mol. The first kappa shape index (κ1) is 11.5. The van der Waals surface area contributed by atoms with Crippen LogP contribution in [0.3, 0.4) is 0 Å². The predicted octanol–water partition coefficient (Wildman–Crippen LogP) is 0.875. The Morgan fingerprint density at radius 1 is 1.92 bits per heavy atom. The lowest BCUT2D eigenvalue weighted by Crippen LogP contribution is -2.36. The fraction of sp³-hybridized carbons (Fsp3) is 0.625. The molecule has 0 saturated heterocycles. The number of nitrogens with two attached hydrogens (primary N) is 1. The van der Waals surface area contributed by atoms with Gasteiger partial charge in [0.05, 0.1) is 6.61 Å². The van der Waals surface area contributed by atoms with Crippen molar-refractivity contribution in [3.63, 3.8) is 0 Å². The second-order valence-corrected chi connectivity index (χ2v) is 2.81. The van der Waals surface area contributed by atoms with E-state index in [4.69, 9.17) is 10.5 Å². The zero-order chi connectivity index (χ0) is 8.48. The van der Waals surface area contributed by atoms with Gasteiger partial charge in [0.25, 0.3) is 0 Å². The summed E-state index contributed by atoms with van der Waals surface area (Å²) in [5.41, 5.74) is 4.93. The molecule has 1 rings (SSSR count). The van der Waals surface area contributed by atoms with Crippen LogP contribution in [0.5, 0.6) is 0 Å². The maximum atomic E-state index is 11.1. The van der Waals surface area contributed by atoms with Gasteiger partial charge in [0.1, 0.15) is 5.54 Å². The first-order valence-corrected chi connectivity index (χ1v) is 3.73. The van der Waals surface area contributed by atoms with Gasteiger partial charge in [-0.05, 0) is 13.3 Å². The van der Waals surface area contributed by atoms with E-state index in [0.717, 1.165) is 0 Å². The van der Waals surface area contributed by atoms with Crippen molar-refractivity contribution in [3.8, 4) is 0 Å². The summed E-state index contributed by atoms with van der Waals surface area (Å²) in [5, 5.41) is 0. The van der Waals surface area contributed by atoms with Gasteiger partial charge in [0, 0.05) is 5.92 Å². The quantitative estimate of drug-likeness (QED) is 0.532. The monoisotopic (exact) mass is 191 g/mol. The molecule has 3 nitrogen and oxygen atoms in total. The minimum absolute atomic E-state index is 0. The summed E-state index contributed by atoms with van der Waals surface area (Å²) in [4.78, 5) is 11.1. The van der Waals surface area contributed by atoms with E-state index >= 15 is 0 Å². The average Bonchev–Trinajstić information content (AvgIpc) is 2.64. The number of halogens is 1. The van der Waals surface area contributed by atoms with E-state index < -0.39 is 5.54 Å². The Morgan fingerprint density at radius 2 is 2.50 bits per heavy atom. The molecule has 1 aliphatic rings. The Hall–Kier alpha value is -0.540. The summed E-state index contributed by atoms with van der Waals surface area (Å²) in [6.07, 6.45) is 2.38. The van der Waals surface area contributed by atoms with Crippen LogP contribution in [0.15, 0.2) is 12.7 Å². The molecule has 0 amide bonds. The van der Waals surface area contributed by atoms with Crippen LogP contribution in [0.4, 0.5) is 0 Å². The molecule has 4 heteroatoms. The fourth-order valence-corrected chi connectivity index (χ4v) is 1.10. The Kier molecular flexibility index (Phi) is 3.74. The summed E-state index contributed by atoms with van der Waals surface area (Å²) in [7, 11) is 0. The largest absolute Gasteiger partial charge is 0.465 e. The fourth-order valence-electron chi connectivity index (χ4n) is 1.10. The molecule has 0 aromatic carbocycles. The first-order valence-electron chi connectivity index (χ1n) is 3.73. The van der Waals surface area contributed by atoms with E-state index in [1.165, 1.54) is 0 Å². The van der Waals surface area contributed by atoms with Crippen molar-refractivity contribution >= 4 is 18.4 Å². The van der Waals surface area contributed by atoms with Gasteiger partial charge in [-0.1, -0.05) is 6.08 Å². The van der Waals surface area contributed by atoms with Crippen LogP contribution in [0.2, 0.25) is 0 Å². The number of rotatable bonds is 3. The number of hydrogen-bond acceptors (Lipinski definition) is 3. The molecular weight excluding hydrogens is 178 g/mol. The molecule has 1 aliphatic carbocycles. The van der Waals surface area contributed by atoms with Crippen molar-refractivity contribution in [2.75, 3.05) is 6.61 Å². The maximum absolute atomic E-state index is 11.1. The second-order valence-electron chi connectivity index (χ2n) is 2.81. The van der Waals surface area contributed by atoms with Gasteiger partial charge in [0.2, 0.25) is 0 Å². The second kappa shape index (κ2) is 3.92. The Balaban J connectivity index is 0.00000121. The number of carbonyl (C=O) groups is 1. The molecule has 1 fully saturated rings. The van der Waals surface area contributed by atoms with Crippen LogP contribution in [0.25, 0.3) is 0 Å². The zero-order valence-corrected chi connectivity index (χ0v) is 7.89. The van der Waals surface area contributed by atoms with Crippen molar-refractivity contribution in [1.29, 1.82) is 0 Å². The number of ether oxygens (including phenoxy) is 1. The van der Waals surface area contributed by atoms with Crippen LogP contribution in [0, 0.1) is 5.92 Å². The summed E-state index contributed by atoms with van der Waals surface area (Å²) in [5.74, 6) is -0.188. The van der Waals surface area contributed by atoms with Gasteiger partial charge < -0.3 is 10.5 Å². The van der Waals surface area contributed by atoms with Gasteiger partial charge in [-0.15, -0.1) is 19.0 Å². The molecular formula is C8H14ClNO2. The third-order valence-electron chi connectivity index (χ3n) is 2.00. The van der Waals surface area contributed by atoms with Crippen molar-refractivity contribution in [1.82, 2.24) is 0 Å². The highest BCUT2D eigenvalue weighted by Gasteiger charge is 2.56. The van der Waals surface area contributed by atoms with Crippen molar-refractivity contribution in [3.05, 3.63) is 12.7 Å². The van der Waals surface area contributed by atoms with Crippen LogP contribution in [-0.4, -0.2) is 18.1 Å². The highest BCUT2D eigenvalue weighted by molar-refractivity contribution is 5.85. The van der Waals surface area contributed by atoms with Crippen LogP contribution in [-0.2, 0) is 9.53 Å². The van der Waals surface area contributed by atoms with Gasteiger partial charge in [0.15, 0.2) is 0 Å². The molecule has 0 heterocycles. The molecule has 0 aromatic rings. The zero-order valence-electron chi connectivity index (χ0n) is 7.08. The van der Waals surface area contributed by atoms with Crippen LogP contribution >= 0.6 is 12.4 Å². The number of hydrogen-bond donors (Lipinski definition) is 1. The highest BCUT2D eigenvalue weighted by atomic mass is 35.5. The van der Waals surface area contributed by atoms with Crippen molar-refractivity contribution in [2.45, 2.75) is 18.9 Å². The molecule has 0 spiro atoms. The predicted molar refractivity (Wildman–Crippen MR) is 49.1 cm³/mol. The molecule has 0 aromatic heterocycles. The minimum atomic E-state index is -0.752. The maximum Gasteiger partial charge on any atom is 0.326 e. The van der Waals surface area contributed by atoms with E-state index in [2.05, 4.69) is 6.58 Å². The highest BCUT2D eigenvalue weighted by Crippen LogP contribution is 2.42. The minimum Gasteiger partial charge on any atom is -0.465 e. The third-order valence-corrected chi connectivity index (χ3v) is 2.00. The van der Waals surface area contributed by atoms with E-state index in [1.54, 1.807) is 13.0 Å². The lowest BCUT2D eigenvalue weighted by atomic mass is 10.2. The first-order chi connectivity index (χ1) is 5.15. The van der Waals surface area contributed by atoms with E-state index in [0.29, 0.717) is 13.0 Å². The van der Waals surface area contributed by atoms with Gasteiger partial charge in [-0.25, -0.2) is 0 Å². The molecule has 0 radical (unpaired) electrons. The molecule has 70 valence electrons. The Labute approximate surface area is 78.4 Å². The van der Waals surface area contributed by atoms with Crippen molar-refractivity contribution < 1.29 is 9.53 Å². The topological polar surface area (TPSA) is 52.3 Å². The molecule has 2 N–H and O–H groups in total. The summed E-state index contributed by atoms with van der Waals surface area (Å²) in [6, 6.07) is 0. The normalized spacial score (nSPS) is 31.7. The molecule has 2 atom stereocenters. The van der Waals surface area contributed by atoms with Gasteiger partial charge in [-0.3, -0.25) is 4.79 Å².